The van der Waals surface area contributed by atoms with Gasteiger partial charge in [-0.05, 0) is 18.2 Å². The highest BCUT2D eigenvalue weighted by molar-refractivity contribution is 6.06. The van der Waals surface area contributed by atoms with Gasteiger partial charge >= 0.3 is 0 Å². The van der Waals surface area contributed by atoms with Crippen molar-refractivity contribution in [2.45, 2.75) is 6.61 Å². The molecule has 20 heavy (non-hydrogen) atoms. The Labute approximate surface area is 116 Å². The molecule has 0 radical (unpaired) electrons. The molecule has 3 N–H and O–H groups in total. The predicted octanol–water partition coefficient (Wildman–Crippen LogP) is 2.15. The van der Waals surface area contributed by atoms with Crippen molar-refractivity contribution in [2.75, 3.05) is 12.4 Å². The van der Waals surface area contributed by atoms with E-state index < -0.39 is 5.91 Å². The molecule has 2 aromatic rings. The minimum atomic E-state index is -0.470. The van der Waals surface area contributed by atoms with Crippen LogP contribution in [0.5, 0.6) is 11.5 Å². The molecule has 5 nitrogen and oxygen atoms in total. The normalized spacial score (nSPS) is 10.1. The number of hydrogen-bond donors (Lipinski definition) is 3. The van der Waals surface area contributed by atoms with Crippen molar-refractivity contribution in [1.29, 1.82) is 0 Å². The van der Waals surface area contributed by atoms with Gasteiger partial charge in [0.1, 0.15) is 0 Å². The topological polar surface area (TPSA) is 78.8 Å². The Hall–Kier alpha value is -2.53. The monoisotopic (exact) mass is 273 g/mol. The number of rotatable bonds is 4. The lowest BCUT2D eigenvalue weighted by Crippen LogP contribution is -2.13. The Morgan fingerprint density at radius 3 is 2.65 bits per heavy atom. The molecule has 2 aromatic carbocycles. The Bertz CT molecular complexity index is 625. The average Bonchev–Trinajstić information content (AvgIpc) is 2.48. The number of carbonyl (C=O) groups excluding carboxylic acids is 1. The van der Waals surface area contributed by atoms with Gasteiger partial charge in [0.05, 0.1) is 19.3 Å². The Kier molecular flexibility index (Phi) is 4.22. The zero-order valence-corrected chi connectivity index (χ0v) is 11.0. The van der Waals surface area contributed by atoms with Crippen LogP contribution in [0.3, 0.4) is 0 Å². The van der Waals surface area contributed by atoms with Crippen molar-refractivity contribution in [3.8, 4) is 11.5 Å². The van der Waals surface area contributed by atoms with Gasteiger partial charge in [0.2, 0.25) is 0 Å². The van der Waals surface area contributed by atoms with E-state index in [0.717, 1.165) is 0 Å². The van der Waals surface area contributed by atoms with Crippen LogP contribution in [0.15, 0.2) is 42.5 Å². The zero-order chi connectivity index (χ0) is 14.5. The van der Waals surface area contributed by atoms with E-state index in [4.69, 9.17) is 4.74 Å². The molecular weight excluding hydrogens is 258 g/mol. The summed E-state index contributed by atoms with van der Waals surface area (Å²) in [6.07, 6.45) is 0. The number of para-hydroxylation sites is 2. The molecular formula is C15H15NO4. The number of nitrogens with one attached hydrogen (secondary N) is 1. The summed E-state index contributed by atoms with van der Waals surface area (Å²) in [6.45, 7) is -0.180. The van der Waals surface area contributed by atoms with Crippen molar-refractivity contribution >= 4 is 11.6 Å². The summed E-state index contributed by atoms with van der Waals surface area (Å²) in [7, 11) is 1.41. The number of aromatic hydroxyl groups is 1. The van der Waals surface area contributed by atoms with Crippen LogP contribution in [-0.4, -0.2) is 23.2 Å². The van der Waals surface area contributed by atoms with Crippen LogP contribution in [0.2, 0.25) is 0 Å². The third-order valence-corrected chi connectivity index (χ3v) is 2.90. The fraction of sp³-hybridized carbons (Fsp3) is 0.133. The number of aliphatic hydroxyl groups excluding tert-OH is 1. The first-order valence-corrected chi connectivity index (χ1v) is 6.03. The number of hydrogen-bond acceptors (Lipinski definition) is 4. The number of benzene rings is 2. The minimum absolute atomic E-state index is 0.108. The lowest BCUT2D eigenvalue weighted by molar-refractivity contribution is 0.102. The molecule has 0 aliphatic heterocycles. The molecule has 2 rings (SSSR count). The summed E-state index contributed by atoms with van der Waals surface area (Å²) in [5.74, 6) is -0.454. The molecule has 0 heterocycles. The second-order valence-corrected chi connectivity index (χ2v) is 4.13. The molecule has 0 fully saturated rings. The highest BCUT2D eigenvalue weighted by atomic mass is 16.5. The lowest BCUT2D eigenvalue weighted by atomic mass is 10.1. The minimum Gasteiger partial charge on any atom is -0.504 e. The number of ether oxygens (including phenoxy) is 1. The summed E-state index contributed by atoms with van der Waals surface area (Å²) in [6, 6.07) is 11.6. The van der Waals surface area contributed by atoms with Crippen LogP contribution in [0, 0.1) is 0 Å². The van der Waals surface area contributed by atoms with Gasteiger partial charge in [-0.3, -0.25) is 4.79 Å². The predicted molar refractivity (Wildman–Crippen MR) is 75.0 cm³/mol. The largest absolute Gasteiger partial charge is 0.504 e. The number of anilines is 1. The quantitative estimate of drug-likeness (QED) is 0.797. The van der Waals surface area contributed by atoms with Crippen LogP contribution in [0.4, 0.5) is 5.69 Å². The van der Waals surface area contributed by atoms with Crippen molar-refractivity contribution in [3.05, 3.63) is 53.6 Å². The van der Waals surface area contributed by atoms with Crippen LogP contribution >= 0.6 is 0 Å². The molecule has 104 valence electrons. The van der Waals surface area contributed by atoms with Crippen LogP contribution < -0.4 is 10.1 Å². The molecule has 5 heteroatoms. The molecule has 0 aliphatic carbocycles. The van der Waals surface area contributed by atoms with E-state index in [9.17, 15) is 15.0 Å². The molecule has 0 unspecified atom stereocenters. The summed E-state index contributed by atoms with van der Waals surface area (Å²) < 4.78 is 4.96. The first-order chi connectivity index (χ1) is 9.67. The maximum Gasteiger partial charge on any atom is 0.259 e. The zero-order valence-electron chi connectivity index (χ0n) is 11.0. The molecule has 0 atom stereocenters. The van der Waals surface area contributed by atoms with E-state index in [1.807, 2.05) is 0 Å². The number of methoxy groups -OCH3 is 1. The molecule has 0 bridgehead atoms. The molecule has 0 saturated carbocycles. The first kappa shape index (κ1) is 13.9. The lowest BCUT2D eigenvalue weighted by Gasteiger charge is -2.11. The SMILES string of the molecule is COc1cccc(C(=O)Nc2ccccc2CO)c1O. The van der Waals surface area contributed by atoms with Crippen LogP contribution in [0.1, 0.15) is 15.9 Å². The van der Waals surface area contributed by atoms with Crippen molar-refractivity contribution < 1.29 is 19.7 Å². The van der Waals surface area contributed by atoms with E-state index in [0.29, 0.717) is 11.3 Å². The fourth-order valence-electron chi connectivity index (χ4n) is 1.84. The van der Waals surface area contributed by atoms with Gasteiger partial charge in [0.15, 0.2) is 11.5 Å². The van der Waals surface area contributed by atoms with Crippen molar-refractivity contribution in [3.63, 3.8) is 0 Å². The van der Waals surface area contributed by atoms with Gasteiger partial charge in [-0.2, -0.15) is 0 Å². The smallest absolute Gasteiger partial charge is 0.259 e. The number of phenolic OH excluding ortho intramolecular Hbond substituents is 1. The number of phenols is 1. The van der Waals surface area contributed by atoms with Crippen molar-refractivity contribution in [1.82, 2.24) is 0 Å². The standard InChI is InChI=1S/C15H15NO4/c1-20-13-8-4-6-11(14(13)18)15(19)16-12-7-3-2-5-10(12)9-17/h2-8,17-18H,9H2,1H3,(H,16,19). The van der Waals surface area contributed by atoms with Gasteiger partial charge in [-0.1, -0.05) is 24.3 Å². The molecule has 0 aromatic heterocycles. The Balaban J connectivity index is 2.29. The summed E-state index contributed by atoms with van der Waals surface area (Å²) in [5.41, 5.74) is 1.21. The Morgan fingerprint density at radius 1 is 1.20 bits per heavy atom. The van der Waals surface area contributed by atoms with Gasteiger partial charge in [-0.15, -0.1) is 0 Å². The second-order valence-electron chi connectivity index (χ2n) is 4.13. The molecule has 0 saturated heterocycles. The van der Waals surface area contributed by atoms with E-state index in [-0.39, 0.29) is 23.7 Å². The summed E-state index contributed by atoms with van der Waals surface area (Å²) in [5, 5.41) is 21.8. The van der Waals surface area contributed by atoms with Gasteiger partial charge in [0, 0.05) is 11.3 Å². The highest BCUT2D eigenvalue weighted by Crippen LogP contribution is 2.30. The number of aliphatic hydroxyl groups is 1. The Morgan fingerprint density at radius 2 is 1.95 bits per heavy atom. The van der Waals surface area contributed by atoms with Crippen LogP contribution in [-0.2, 0) is 6.61 Å². The maximum absolute atomic E-state index is 12.2. The van der Waals surface area contributed by atoms with E-state index in [2.05, 4.69) is 5.32 Å². The average molecular weight is 273 g/mol. The van der Waals surface area contributed by atoms with E-state index >= 15 is 0 Å². The third-order valence-electron chi connectivity index (χ3n) is 2.90. The maximum atomic E-state index is 12.2. The fourth-order valence-corrected chi connectivity index (χ4v) is 1.84. The first-order valence-electron chi connectivity index (χ1n) is 6.03. The van der Waals surface area contributed by atoms with E-state index in [1.54, 1.807) is 36.4 Å². The summed E-state index contributed by atoms with van der Waals surface area (Å²) in [4.78, 5) is 12.2. The van der Waals surface area contributed by atoms with Crippen LogP contribution in [0.25, 0.3) is 0 Å². The highest BCUT2D eigenvalue weighted by Gasteiger charge is 2.15. The van der Waals surface area contributed by atoms with Gasteiger partial charge in [-0.25, -0.2) is 0 Å². The van der Waals surface area contributed by atoms with E-state index in [1.165, 1.54) is 13.2 Å². The van der Waals surface area contributed by atoms with Gasteiger partial charge in [0.25, 0.3) is 5.91 Å². The second kappa shape index (κ2) is 6.08. The summed E-state index contributed by atoms with van der Waals surface area (Å²) >= 11 is 0. The molecule has 0 aliphatic rings. The van der Waals surface area contributed by atoms with Crippen molar-refractivity contribution in [2.24, 2.45) is 0 Å². The third kappa shape index (κ3) is 2.73. The number of carbonyl (C=O) groups is 1. The molecule has 1 amide bonds. The number of amides is 1. The molecule has 0 spiro atoms. The van der Waals surface area contributed by atoms with Gasteiger partial charge < -0.3 is 20.3 Å².